The fraction of sp³-hybridized carbons (Fsp3) is 0.278. The van der Waals surface area contributed by atoms with Crippen molar-refractivity contribution in [3.63, 3.8) is 0 Å². The average Bonchev–Trinajstić information content (AvgIpc) is 2.54. The highest BCUT2D eigenvalue weighted by Gasteiger charge is 2.18. The Balaban J connectivity index is 2.17. The molecular weight excluding hydrogens is 298 g/mol. The lowest BCUT2D eigenvalue weighted by Gasteiger charge is -2.18. The maximum atomic E-state index is 12.2. The topological polar surface area (TPSA) is 38.3 Å². The van der Waals surface area contributed by atoms with Crippen molar-refractivity contribution in [2.24, 2.45) is 0 Å². The number of halogens is 1. The molecular formula is C18H20ClNO2. The lowest BCUT2D eigenvalue weighted by atomic mass is 9.88. The predicted octanol–water partition coefficient (Wildman–Crippen LogP) is 3.62. The number of methoxy groups -OCH3 is 1. The summed E-state index contributed by atoms with van der Waals surface area (Å²) in [6.07, 6.45) is 0.383. The van der Waals surface area contributed by atoms with Crippen LogP contribution in [-0.2, 0) is 9.53 Å². The molecule has 1 amide bonds. The van der Waals surface area contributed by atoms with Crippen molar-refractivity contribution < 1.29 is 9.53 Å². The molecule has 0 aromatic heterocycles. The molecule has 0 radical (unpaired) electrons. The highest BCUT2D eigenvalue weighted by Crippen LogP contribution is 2.29. The highest BCUT2D eigenvalue weighted by atomic mass is 35.5. The Morgan fingerprint density at radius 1 is 1.14 bits per heavy atom. The zero-order valence-corrected chi connectivity index (χ0v) is 13.3. The van der Waals surface area contributed by atoms with Crippen LogP contribution in [-0.4, -0.2) is 26.2 Å². The molecule has 1 N–H and O–H groups in total. The van der Waals surface area contributed by atoms with Crippen molar-refractivity contribution in [3.05, 3.63) is 70.7 Å². The molecule has 0 fully saturated rings. The van der Waals surface area contributed by atoms with Gasteiger partial charge < -0.3 is 10.1 Å². The number of benzene rings is 2. The summed E-state index contributed by atoms with van der Waals surface area (Å²) >= 11 is 6.10. The number of hydrogen-bond donors (Lipinski definition) is 1. The number of carbonyl (C=O) groups is 1. The second-order valence-electron chi connectivity index (χ2n) is 5.07. The Morgan fingerprint density at radius 3 is 2.55 bits per heavy atom. The summed E-state index contributed by atoms with van der Waals surface area (Å²) in [4.78, 5) is 12.2. The number of rotatable bonds is 7. The maximum Gasteiger partial charge on any atom is 0.221 e. The molecule has 22 heavy (non-hydrogen) atoms. The zero-order chi connectivity index (χ0) is 15.8. The summed E-state index contributed by atoms with van der Waals surface area (Å²) in [6.45, 7) is 1.03. The largest absolute Gasteiger partial charge is 0.383 e. The van der Waals surface area contributed by atoms with Gasteiger partial charge in [-0.05, 0) is 23.3 Å². The van der Waals surface area contributed by atoms with Gasteiger partial charge in [0.05, 0.1) is 6.61 Å². The molecule has 0 saturated carbocycles. The standard InChI is InChI=1S/C18H20ClNO2/c1-22-11-10-20-18(21)13-17(14-6-3-2-4-7-14)15-8-5-9-16(19)12-15/h2-9,12,17H,10-11,13H2,1H3,(H,20,21)/t17-/m0/s1. The number of amides is 1. The van der Waals surface area contributed by atoms with E-state index in [1.54, 1.807) is 7.11 Å². The van der Waals surface area contributed by atoms with Crippen molar-refractivity contribution in [3.8, 4) is 0 Å². The van der Waals surface area contributed by atoms with Gasteiger partial charge in [0.25, 0.3) is 0 Å². The molecule has 0 unspecified atom stereocenters. The van der Waals surface area contributed by atoms with Crippen LogP contribution >= 0.6 is 11.6 Å². The Labute approximate surface area is 136 Å². The molecule has 0 heterocycles. The normalized spacial score (nSPS) is 11.9. The van der Waals surface area contributed by atoms with Crippen LogP contribution in [0, 0.1) is 0 Å². The summed E-state index contributed by atoms with van der Waals surface area (Å²) in [6, 6.07) is 17.7. The monoisotopic (exact) mass is 317 g/mol. The van der Waals surface area contributed by atoms with E-state index in [9.17, 15) is 4.79 Å². The van der Waals surface area contributed by atoms with Gasteiger partial charge in [-0.2, -0.15) is 0 Å². The van der Waals surface area contributed by atoms with Gasteiger partial charge in [-0.15, -0.1) is 0 Å². The fourth-order valence-electron chi connectivity index (χ4n) is 2.39. The van der Waals surface area contributed by atoms with Crippen molar-refractivity contribution in [2.45, 2.75) is 12.3 Å². The molecule has 0 bridgehead atoms. The summed E-state index contributed by atoms with van der Waals surface area (Å²) in [5.41, 5.74) is 2.15. The van der Waals surface area contributed by atoms with Crippen LogP contribution in [0.4, 0.5) is 0 Å². The molecule has 0 aliphatic heterocycles. The lowest BCUT2D eigenvalue weighted by Crippen LogP contribution is -2.28. The van der Waals surface area contributed by atoms with E-state index in [4.69, 9.17) is 16.3 Å². The summed E-state index contributed by atoms with van der Waals surface area (Å²) in [5, 5.41) is 3.55. The number of nitrogens with one attached hydrogen (secondary N) is 1. The van der Waals surface area contributed by atoms with Gasteiger partial charge in [0.15, 0.2) is 0 Å². The number of ether oxygens (including phenoxy) is 1. The Hall–Kier alpha value is -1.84. The number of carbonyl (C=O) groups excluding carboxylic acids is 1. The molecule has 3 nitrogen and oxygen atoms in total. The molecule has 4 heteroatoms. The summed E-state index contributed by atoms with van der Waals surface area (Å²) < 4.78 is 4.95. The van der Waals surface area contributed by atoms with Crippen molar-refractivity contribution in [2.75, 3.05) is 20.3 Å². The van der Waals surface area contributed by atoms with Gasteiger partial charge in [0.2, 0.25) is 5.91 Å². The predicted molar refractivity (Wildman–Crippen MR) is 89.2 cm³/mol. The van der Waals surface area contributed by atoms with Crippen LogP contribution in [0.3, 0.4) is 0 Å². The highest BCUT2D eigenvalue weighted by molar-refractivity contribution is 6.30. The fourth-order valence-corrected chi connectivity index (χ4v) is 2.59. The Kier molecular flexibility index (Phi) is 6.44. The second kappa shape index (κ2) is 8.57. The minimum absolute atomic E-state index is 0.00544. The Bertz CT molecular complexity index is 601. The molecule has 2 rings (SSSR count). The van der Waals surface area contributed by atoms with E-state index in [0.29, 0.717) is 24.6 Å². The van der Waals surface area contributed by atoms with Crippen LogP contribution < -0.4 is 5.32 Å². The molecule has 0 spiro atoms. The van der Waals surface area contributed by atoms with E-state index in [1.165, 1.54) is 0 Å². The molecule has 0 aliphatic carbocycles. The molecule has 1 atom stereocenters. The second-order valence-corrected chi connectivity index (χ2v) is 5.50. The molecule has 116 valence electrons. The van der Waals surface area contributed by atoms with E-state index in [2.05, 4.69) is 5.32 Å². The first-order valence-corrected chi connectivity index (χ1v) is 7.64. The third-order valence-corrected chi connectivity index (χ3v) is 3.71. The minimum Gasteiger partial charge on any atom is -0.383 e. The van der Waals surface area contributed by atoms with E-state index in [-0.39, 0.29) is 11.8 Å². The first kappa shape index (κ1) is 16.5. The van der Waals surface area contributed by atoms with E-state index < -0.39 is 0 Å². The maximum absolute atomic E-state index is 12.2. The van der Waals surface area contributed by atoms with Gasteiger partial charge in [0, 0.05) is 31.0 Å². The van der Waals surface area contributed by atoms with Gasteiger partial charge in [-0.1, -0.05) is 54.1 Å². The van der Waals surface area contributed by atoms with Gasteiger partial charge >= 0.3 is 0 Å². The third-order valence-electron chi connectivity index (χ3n) is 3.47. The first-order valence-electron chi connectivity index (χ1n) is 7.26. The lowest BCUT2D eigenvalue weighted by molar-refractivity contribution is -0.121. The van der Waals surface area contributed by atoms with Crippen molar-refractivity contribution in [1.82, 2.24) is 5.32 Å². The van der Waals surface area contributed by atoms with Crippen molar-refractivity contribution >= 4 is 17.5 Å². The van der Waals surface area contributed by atoms with Crippen molar-refractivity contribution in [1.29, 1.82) is 0 Å². The van der Waals surface area contributed by atoms with Crippen LogP contribution in [0.25, 0.3) is 0 Å². The smallest absolute Gasteiger partial charge is 0.221 e. The molecule has 0 aliphatic rings. The SMILES string of the molecule is COCCNC(=O)C[C@@H](c1ccccc1)c1cccc(Cl)c1. The van der Waals surface area contributed by atoms with Gasteiger partial charge in [-0.25, -0.2) is 0 Å². The number of hydrogen-bond acceptors (Lipinski definition) is 2. The summed E-state index contributed by atoms with van der Waals surface area (Å²) in [5.74, 6) is -0.00618. The average molecular weight is 318 g/mol. The quantitative estimate of drug-likeness (QED) is 0.792. The minimum atomic E-state index is -0.0116. The van der Waals surface area contributed by atoms with Crippen LogP contribution in [0.5, 0.6) is 0 Å². The van der Waals surface area contributed by atoms with E-state index in [0.717, 1.165) is 11.1 Å². The summed E-state index contributed by atoms with van der Waals surface area (Å²) in [7, 11) is 1.62. The molecule has 2 aromatic carbocycles. The molecule has 0 saturated heterocycles. The molecule has 2 aromatic rings. The Morgan fingerprint density at radius 2 is 1.86 bits per heavy atom. The third kappa shape index (κ3) is 4.86. The van der Waals surface area contributed by atoms with Gasteiger partial charge in [-0.3, -0.25) is 4.79 Å². The van der Waals surface area contributed by atoms with E-state index >= 15 is 0 Å². The van der Waals surface area contributed by atoms with Crippen LogP contribution in [0.15, 0.2) is 54.6 Å². The van der Waals surface area contributed by atoms with E-state index in [1.807, 2.05) is 54.6 Å². The zero-order valence-electron chi connectivity index (χ0n) is 12.6. The van der Waals surface area contributed by atoms with Crippen LogP contribution in [0.1, 0.15) is 23.5 Å². The first-order chi connectivity index (χ1) is 10.7. The van der Waals surface area contributed by atoms with Crippen LogP contribution in [0.2, 0.25) is 5.02 Å². The van der Waals surface area contributed by atoms with Gasteiger partial charge in [0.1, 0.15) is 0 Å².